The first kappa shape index (κ1) is 11.7. The molecule has 88 valence electrons. The highest BCUT2D eigenvalue weighted by atomic mass is 35.5. The average molecular weight is 244 g/mol. The van der Waals surface area contributed by atoms with Gasteiger partial charge in [-0.2, -0.15) is 0 Å². The Balaban J connectivity index is 2.31. The van der Waals surface area contributed by atoms with Gasteiger partial charge in [-0.3, -0.25) is 0 Å². The molecule has 1 aromatic carbocycles. The highest BCUT2D eigenvalue weighted by molar-refractivity contribution is 6.32. The number of halogens is 2. The van der Waals surface area contributed by atoms with E-state index in [1.165, 1.54) is 0 Å². The molecule has 1 aliphatic heterocycles. The maximum Gasteiger partial charge on any atom is 0.137 e. The summed E-state index contributed by atoms with van der Waals surface area (Å²) in [5, 5.41) is 13.3. The highest BCUT2D eigenvalue weighted by Crippen LogP contribution is 2.33. The number of phenolic OH excluding ortho intramolecular Hbond substituents is 1. The molecule has 0 amide bonds. The van der Waals surface area contributed by atoms with Crippen molar-refractivity contribution in [1.29, 1.82) is 0 Å². The van der Waals surface area contributed by atoms with Crippen molar-refractivity contribution in [2.75, 3.05) is 6.54 Å². The van der Waals surface area contributed by atoms with E-state index in [9.17, 15) is 9.50 Å². The fraction of sp³-hybridized carbons (Fsp3) is 0.500. The standard InChI is InChI=1S/C12H15ClFNO/c1-7-9(5-8-3-2-4-15-8)12(16)10(13)6-11(7)14/h6,8,15-16H,2-5H2,1H3. The lowest BCUT2D eigenvalue weighted by Crippen LogP contribution is -2.24. The van der Waals surface area contributed by atoms with Crippen molar-refractivity contribution in [3.63, 3.8) is 0 Å². The Morgan fingerprint density at radius 3 is 3.00 bits per heavy atom. The van der Waals surface area contributed by atoms with E-state index < -0.39 is 0 Å². The maximum atomic E-state index is 13.5. The van der Waals surface area contributed by atoms with Gasteiger partial charge in [-0.15, -0.1) is 0 Å². The van der Waals surface area contributed by atoms with Crippen LogP contribution >= 0.6 is 11.6 Å². The largest absolute Gasteiger partial charge is 0.506 e. The Kier molecular flexibility index (Phi) is 3.36. The van der Waals surface area contributed by atoms with Gasteiger partial charge in [0.05, 0.1) is 5.02 Å². The summed E-state index contributed by atoms with van der Waals surface area (Å²) in [6, 6.07) is 1.49. The first-order valence-corrected chi connectivity index (χ1v) is 5.87. The molecule has 1 heterocycles. The van der Waals surface area contributed by atoms with E-state index in [1.807, 2.05) is 0 Å². The van der Waals surface area contributed by atoms with Gasteiger partial charge in [0.15, 0.2) is 0 Å². The number of hydrogen-bond acceptors (Lipinski definition) is 2. The van der Waals surface area contributed by atoms with Crippen molar-refractivity contribution in [3.8, 4) is 5.75 Å². The third-order valence-electron chi connectivity index (χ3n) is 3.19. The summed E-state index contributed by atoms with van der Waals surface area (Å²) in [6.07, 6.45) is 2.83. The second-order valence-corrected chi connectivity index (χ2v) is 4.70. The van der Waals surface area contributed by atoms with Crippen LogP contribution in [0.1, 0.15) is 24.0 Å². The molecule has 1 atom stereocenters. The number of phenols is 1. The molecule has 1 aliphatic rings. The molecule has 2 nitrogen and oxygen atoms in total. The van der Waals surface area contributed by atoms with Crippen LogP contribution in [-0.4, -0.2) is 17.7 Å². The van der Waals surface area contributed by atoms with Gasteiger partial charge in [-0.05, 0) is 44.4 Å². The molecule has 4 heteroatoms. The summed E-state index contributed by atoms with van der Waals surface area (Å²) in [5.74, 6) is -0.329. The second-order valence-electron chi connectivity index (χ2n) is 4.29. The zero-order valence-corrected chi connectivity index (χ0v) is 9.94. The smallest absolute Gasteiger partial charge is 0.137 e. The Morgan fingerprint density at radius 1 is 1.62 bits per heavy atom. The van der Waals surface area contributed by atoms with Gasteiger partial charge < -0.3 is 10.4 Å². The van der Waals surface area contributed by atoms with Crippen LogP contribution < -0.4 is 5.32 Å². The van der Waals surface area contributed by atoms with Crippen LogP contribution in [0.25, 0.3) is 0 Å². The van der Waals surface area contributed by atoms with Crippen molar-refractivity contribution >= 4 is 11.6 Å². The van der Waals surface area contributed by atoms with Crippen LogP contribution in [0.2, 0.25) is 5.02 Å². The number of benzene rings is 1. The predicted octanol–water partition coefficient (Wildman–Crippen LogP) is 2.79. The first-order chi connectivity index (χ1) is 7.59. The van der Waals surface area contributed by atoms with Gasteiger partial charge in [0.25, 0.3) is 0 Å². The quantitative estimate of drug-likeness (QED) is 0.837. The summed E-state index contributed by atoms with van der Waals surface area (Å²) in [7, 11) is 0. The number of rotatable bonds is 2. The molecule has 2 rings (SSSR count). The molecular weight excluding hydrogens is 229 g/mol. The summed E-state index contributed by atoms with van der Waals surface area (Å²) in [4.78, 5) is 0. The van der Waals surface area contributed by atoms with Gasteiger partial charge in [0.2, 0.25) is 0 Å². The van der Waals surface area contributed by atoms with E-state index in [2.05, 4.69) is 5.32 Å². The fourth-order valence-electron chi connectivity index (χ4n) is 2.18. The third kappa shape index (κ3) is 2.15. The van der Waals surface area contributed by atoms with E-state index >= 15 is 0 Å². The molecule has 0 aromatic heterocycles. The molecule has 1 unspecified atom stereocenters. The highest BCUT2D eigenvalue weighted by Gasteiger charge is 2.20. The molecule has 0 bridgehead atoms. The molecule has 0 spiro atoms. The molecule has 1 fully saturated rings. The van der Waals surface area contributed by atoms with Crippen molar-refractivity contribution in [1.82, 2.24) is 5.32 Å². The molecule has 1 aromatic rings. The van der Waals surface area contributed by atoms with Crippen molar-refractivity contribution in [2.45, 2.75) is 32.2 Å². The van der Waals surface area contributed by atoms with Gasteiger partial charge in [0.1, 0.15) is 11.6 Å². The predicted molar refractivity (Wildman–Crippen MR) is 62.5 cm³/mol. The van der Waals surface area contributed by atoms with Crippen LogP contribution in [-0.2, 0) is 6.42 Å². The monoisotopic (exact) mass is 243 g/mol. The Labute approximate surface area is 99.4 Å². The van der Waals surface area contributed by atoms with Gasteiger partial charge in [-0.1, -0.05) is 11.6 Å². The van der Waals surface area contributed by atoms with E-state index in [1.54, 1.807) is 6.92 Å². The summed E-state index contributed by atoms with van der Waals surface area (Å²) in [6.45, 7) is 2.67. The summed E-state index contributed by atoms with van der Waals surface area (Å²) in [5.41, 5.74) is 1.13. The van der Waals surface area contributed by atoms with Crippen molar-refractivity contribution < 1.29 is 9.50 Å². The molecule has 0 radical (unpaired) electrons. The van der Waals surface area contributed by atoms with Crippen LogP contribution in [0, 0.1) is 12.7 Å². The molecule has 2 N–H and O–H groups in total. The topological polar surface area (TPSA) is 32.3 Å². The number of aromatic hydroxyl groups is 1. The van der Waals surface area contributed by atoms with E-state index in [0.717, 1.165) is 25.5 Å². The van der Waals surface area contributed by atoms with E-state index in [4.69, 9.17) is 11.6 Å². The average Bonchev–Trinajstić information content (AvgIpc) is 2.74. The van der Waals surface area contributed by atoms with Crippen LogP contribution in [0.3, 0.4) is 0 Å². The molecule has 1 saturated heterocycles. The minimum atomic E-state index is -0.351. The lowest BCUT2D eigenvalue weighted by molar-refractivity contribution is 0.458. The SMILES string of the molecule is Cc1c(F)cc(Cl)c(O)c1CC1CCCN1. The second kappa shape index (κ2) is 4.60. The van der Waals surface area contributed by atoms with E-state index in [0.29, 0.717) is 23.6 Å². The van der Waals surface area contributed by atoms with Crippen LogP contribution in [0.15, 0.2) is 6.07 Å². The zero-order chi connectivity index (χ0) is 11.7. The number of hydrogen-bond donors (Lipinski definition) is 2. The normalized spacial score (nSPS) is 20.3. The molecule has 16 heavy (non-hydrogen) atoms. The van der Waals surface area contributed by atoms with Crippen LogP contribution in [0.4, 0.5) is 4.39 Å². The fourth-order valence-corrected chi connectivity index (χ4v) is 2.39. The summed E-state index contributed by atoms with van der Waals surface area (Å²) >= 11 is 5.77. The maximum absolute atomic E-state index is 13.5. The van der Waals surface area contributed by atoms with E-state index in [-0.39, 0.29) is 16.6 Å². The van der Waals surface area contributed by atoms with Gasteiger partial charge >= 0.3 is 0 Å². The zero-order valence-electron chi connectivity index (χ0n) is 9.19. The van der Waals surface area contributed by atoms with Crippen LogP contribution in [0.5, 0.6) is 5.75 Å². The summed E-state index contributed by atoms with van der Waals surface area (Å²) < 4.78 is 13.5. The Bertz CT molecular complexity index is 376. The Hall–Kier alpha value is -0.800. The Morgan fingerprint density at radius 2 is 2.38 bits per heavy atom. The lowest BCUT2D eigenvalue weighted by Gasteiger charge is -2.15. The number of nitrogens with one attached hydrogen (secondary N) is 1. The van der Waals surface area contributed by atoms with Crippen molar-refractivity contribution in [3.05, 3.63) is 28.0 Å². The third-order valence-corrected chi connectivity index (χ3v) is 3.48. The van der Waals surface area contributed by atoms with Crippen molar-refractivity contribution in [2.24, 2.45) is 0 Å². The minimum absolute atomic E-state index is 0.0225. The lowest BCUT2D eigenvalue weighted by atomic mass is 9.98. The minimum Gasteiger partial charge on any atom is -0.506 e. The molecule has 0 aliphatic carbocycles. The van der Waals surface area contributed by atoms with Gasteiger partial charge in [-0.25, -0.2) is 4.39 Å². The molecule has 0 saturated carbocycles. The first-order valence-electron chi connectivity index (χ1n) is 5.49. The molecular formula is C12H15ClFNO. The van der Waals surface area contributed by atoms with Gasteiger partial charge in [0, 0.05) is 11.6 Å².